The molecule has 0 spiro atoms. The molecular weight excluding hydrogens is 282 g/mol. The molecule has 0 fully saturated rings. The predicted molar refractivity (Wildman–Crippen MR) is 71.9 cm³/mol. The minimum absolute atomic E-state index is 0.0693. The van der Waals surface area contributed by atoms with Crippen molar-refractivity contribution in [3.63, 3.8) is 0 Å². The molecule has 8 heteroatoms. The van der Waals surface area contributed by atoms with E-state index in [1.807, 2.05) is 0 Å². The van der Waals surface area contributed by atoms with E-state index >= 15 is 0 Å². The number of imidazole rings is 1. The molecule has 1 aromatic carbocycles. The van der Waals surface area contributed by atoms with Crippen molar-refractivity contribution in [1.29, 1.82) is 0 Å². The van der Waals surface area contributed by atoms with Gasteiger partial charge in [0.25, 0.3) is 10.0 Å². The maximum Gasteiger partial charge on any atom is 0.307 e. The monoisotopic (exact) mass is 295 g/mol. The third kappa shape index (κ3) is 3.15. The SMILES string of the molecule is Cc1ncc(S(=O)(=O)Nc2ccccc2CC(=O)O)[nH]1. The van der Waals surface area contributed by atoms with Crippen LogP contribution in [-0.4, -0.2) is 29.5 Å². The number of benzene rings is 1. The smallest absolute Gasteiger partial charge is 0.307 e. The number of nitrogens with zero attached hydrogens (tertiary/aromatic N) is 1. The highest BCUT2D eigenvalue weighted by Gasteiger charge is 2.18. The molecule has 0 aliphatic carbocycles. The van der Waals surface area contributed by atoms with Crippen LogP contribution in [0, 0.1) is 6.92 Å². The number of carbonyl (C=O) groups is 1. The van der Waals surface area contributed by atoms with E-state index in [1.165, 1.54) is 12.3 Å². The summed E-state index contributed by atoms with van der Waals surface area (Å²) in [5, 5.41) is 8.75. The van der Waals surface area contributed by atoms with Gasteiger partial charge < -0.3 is 10.1 Å². The van der Waals surface area contributed by atoms with Gasteiger partial charge in [0, 0.05) is 0 Å². The molecule has 2 aromatic rings. The lowest BCUT2D eigenvalue weighted by Gasteiger charge is -2.10. The molecule has 0 saturated heterocycles. The molecule has 0 aliphatic heterocycles. The minimum Gasteiger partial charge on any atom is -0.481 e. The van der Waals surface area contributed by atoms with E-state index in [0.717, 1.165) is 0 Å². The highest BCUT2D eigenvalue weighted by molar-refractivity contribution is 7.92. The summed E-state index contributed by atoms with van der Waals surface area (Å²) in [6.07, 6.45) is 0.943. The largest absolute Gasteiger partial charge is 0.481 e. The Morgan fingerprint density at radius 1 is 1.40 bits per heavy atom. The summed E-state index contributed by atoms with van der Waals surface area (Å²) in [5.41, 5.74) is 0.627. The molecule has 7 nitrogen and oxygen atoms in total. The zero-order chi connectivity index (χ0) is 14.8. The van der Waals surface area contributed by atoms with Crippen molar-refractivity contribution in [2.75, 3.05) is 4.72 Å². The van der Waals surface area contributed by atoms with E-state index in [9.17, 15) is 13.2 Å². The average molecular weight is 295 g/mol. The molecule has 106 valence electrons. The second kappa shape index (κ2) is 5.33. The van der Waals surface area contributed by atoms with Crippen molar-refractivity contribution in [1.82, 2.24) is 9.97 Å². The fraction of sp³-hybridized carbons (Fsp3) is 0.167. The Hall–Kier alpha value is -2.35. The van der Waals surface area contributed by atoms with Crippen LogP contribution in [0.25, 0.3) is 0 Å². The van der Waals surface area contributed by atoms with Crippen molar-refractivity contribution in [3.05, 3.63) is 41.9 Å². The number of carboxylic acids is 1. The van der Waals surface area contributed by atoms with E-state index < -0.39 is 16.0 Å². The van der Waals surface area contributed by atoms with Crippen LogP contribution in [0.15, 0.2) is 35.5 Å². The van der Waals surface area contributed by atoms with Gasteiger partial charge in [0.2, 0.25) is 0 Å². The standard InChI is InChI=1S/C12H13N3O4S/c1-8-13-7-11(14-8)20(18,19)15-10-5-3-2-4-9(10)6-12(16)17/h2-5,7,15H,6H2,1H3,(H,13,14)(H,16,17). The average Bonchev–Trinajstić information content (AvgIpc) is 2.78. The van der Waals surface area contributed by atoms with Gasteiger partial charge in [-0.3, -0.25) is 9.52 Å². The van der Waals surface area contributed by atoms with Crippen LogP contribution in [0.5, 0.6) is 0 Å². The molecule has 1 aromatic heterocycles. The molecule has 1 heterocycles. The van der Waals surface area contributed by atoms with Crippen LogP contribution < -0.4 is 4.72 Å². The number of hydrogen-bond acceptors (Lipinski definition) is 4. The summed E-state index contributed by atoms with van der Waals surface area (Å²) in [6.45, 7) is 1.64. The van der Waals surface area contributed by atoms with Gasteiger partial charge in [-0.25, -0.2) is 4.98 Å². The van der Waals surface area contributed by atoms with Crippen LogP contribution >= 0.6 is 0 Å². The number of aromatic amines is 1. The Balaban J connectivity index is 2.32. The lowest BCUT2D eigenvalue weighted by atomic mass is 10.1. The lowest BCUT2D eigenvalue weighted by molar-refractivity contribution is -0.136. The predicted octanol–water partition coefficient (Wildman–Crippen LogP) is 1.15. The first-order valence-electron chi connectivity index (χ1n) is 5.72. The van der Waals surface area contributed by atoms with Crippen LogP contribution in [0.2, 0.25) is 0 Å². The van der Waals surface area contributed by atoms with Gasteiger partial charge in [-0.2, -0.15) is 8.42 Å². The summed E-state index contributed by atoms with van der Waals surface area (Å²) in [6, 6.07) is 6.35. The highest BCUT2D eigenvalue weighted by atomic mass is 32.2. The number of aliphatic carboxylic acids is 1. The summed E-state index contributed by atoms with van der Waals surface area (Å²) >= 11 is 0. The van der Waals surface area contributed by atoms with Gasteiger partial charge in [-0.15, -0.1) is 0 Å². The van der Waals surface area contributed by atoms with Gasteiger partial charge in [0.05, 0.1) is 18.3 Å². The van der Waals surface area contributed by atoms with Gasteiger partial charge >= 0.3 is 5.97 Å². The van der Waals surface area contributed by atoms with Gasteiger partial charge in [-0.05, 0) is 18.6 Å². The molecule has 0 atom stereocenters. The van der Waals surface area contributed by atoms with E-state index in [1.54, 1.807) is 25.1 Å². The lowest BCUT2D eigenvalue weighted by Crippen LogP contribution is -2.15. The number of nitrogens with one attached hydrogen (secondary N) is 2. The number of carboxylic acid groups (broad SMARTS) is 1. The zero-order valence-electron chi connectivity index (χ0n) is 10.6. The van der Waals surface area contributed by atoms with Gasteiger partial charge in [0.15, 0.2) is 5.03 Å². The number of hydrogen-bond donors (Lipinski definition) is 3. The van der Waals surface area contributed by atoms with Gasteiger partial charge in [0.1, 0.15) is 5.82 Å². The van der Waals surface area contributed by atoms with Crippen molar-refractivity contribution >= 4 is 21.7 Å². The first-order chi connectivity index (χ1) is 9.38. The topological polar surface area (TPSA) is 112 Å². The zero-order valence-corrected chi connectivity index (χ0v) is 11.4. The normalized spacial score (nSPS) is 11.2. The van der Waals surface area contributed by atoms with E-state index in [4.69, 9.17) is 5.11 Å². The highest BCUT2D eigenvalue weighted by Crippen LogP contribution is 2.19. The molecule has 3 N–H and O–H groups in total. The molecule has 0 saturated carbocycles. The van der Waals surface area contributed by atoms with Crippen molar-refractivity contribution in [2.24, 2.45) is 0 Å². The Bertz CT molecular complexity index is 737. The molecule has 0 amide bonds. The molecule has 2 rings (SSSR count). The Kier molecular flexibility index (Phi) is 3.75. The molecule has 20 heavy (non-hydrogen) atoms. The molecular formula is C12H13N3O4S. The van der Waals surface area contributed by atoms with Crippen molar-refractivity contribution in [2.45, 2.75) is 18.4 Å². The molecule has 0 bridgehead atoms. The maximum atomic E-state index is 12.1. The van der Waals surface area contributed by atoms with Crippen LogP contribution in [0.4, 0.5) is 5.69 Å². The summed E-state index contributed by atoms with van der Waals surface area (Å²) in [7, 11) is -3.81. The fourth-order valence-electron chi connectivity index (χ4n) is 1.67. The molecule has 0 unspecified atom stereocenters. The number of H-pyrrole nitrogens is 1. The quantitative estimate of drug-likeness (QED) is 0.766. The fourth-order valence-corrected chi connectivity index (χ4v) is 2.74. The number of sulfonamides is 1. The maximum absolute atomic E-state index is 12.1. The number of aryl methyl sites for hydroxylation is 1. The third-order valence-corrected chi connectivity index (χ3v) is 3.85. The molecule has 0 radical (unpaired) electrons. The minimum atomic E-state index is -3.81. The number of anilines is 1. The second-order valence-corrected chi connectivity index (χ2v) is 5.82. The third-order valence-electron chi connectivity index (χ3n) is 2.57. The summed E-state index contributed by atoms with van der Waals surface area (Å²) in [5.74, 6) is -0.557. The van der Waals surface area contributed by atoms with E-state index in [0.29, 0.717) is 11.4 Å². The Morgan fingerprint density at radius 2 is 2.10 bits per heavy atom. The van der Waals surface area contributed by atoms with E-state index in [2.05, 4.69) is 14.7 Å². The van der Waals surface area contributed by atoms with Gasteiger partial charge in [-0.1, -0.05) is 18.2 Å². The first kappa shape index (κ1) is 14.1. The summed E-state index contributed by atoms with van der Waals surface area (Å²) in [4.78, 5) is 17.2. The van der Waals surface area contributed by atoms with Crippen molar-refractivity contribution in [3.8, 4) is 0 Å². The first-order valence-corrected chi connectivity index (χ1v) is 7.21. The van der Waals surface area contributed by atoms with Crippen molar-refractivity contribution < 1.29 is 18.3 Å². The van der Waals surface area contributed by atoms with Crippen LogP contribution in [-0.2, 0) is 21.2 Å². The Morgan fingerprint density at radius 3 is 2.70 bits per heavy atom. The molecule has 0 aliphatic rings. The van der Waals surface area contributed by atoms with E-state index in [-0.39, 0.29) is 17.1 Å². The second-order valence-electron chi connectivity index (χ2n) is 4.17. The Labute approximate surface area is 115 Å². The number of aromatic nitrogens is 2. The summed E-state index contributed by atoms with van der Waals surface area (Å²) < 4.78 is 26.6. The number of rotatable bonds is 5. The van der Waals surface area contributed by atoms with Crippen LogP contribution in [0.3, 0.4) is 0 Å². The number of para-hydroxylation sites is 1. The van der Waals surface area contributed by atoms with Crippen LogP contribution in [0.1, 0.15) is 11.4 Å².